The molecular formula is C14H17ClO3Si. The zero-order valence-corrected chi connectivity index (χ0v) is 13.0. The maximum absolute atomic E-state index is 11.7. The molecule has 0 saturated carbocycles. The number of fused-ring (bicyclic) bond motifs is 1. The molecule has 0 radical (unpaired) electrons. The Hall–Kier alpha value is -1.26. The fourth-order valence-electron chi connectivity index (χ4n) is 1.84. The van der Waals surface area contributed by atoms with Crippen molar-refractivity contribution in [1.29, 1.82) is 0 Å². The van der Waals surface area contributed by atoms with Gasteiger partial charge in [0.15, 0.2) is 0 Å². The van der Waals surface area contributed by atoms with E-state index < -0.39 is 14.4 Å². The lowest BCUT2D eigenvalue weighted by molar-refractivity contribution is 0.302. The second kappa shape index (κ2) is 6.26. The average molecular weight is 297 g/mol. The lowest BCUT2D eigenvalue weighted by Gasteiger charge is -2.06. The second-order valence-corrected chi connectivity index (χ2v) is 8.77. The van der Waals surface area contributed by atoms with Crippen molar-refractivity contribution in [3.05, 3.63) is 39.7 Å². The Balaban J connectivity index is 2.13. The van der Waals surface area contributed by atoms with Gasteiger partial charge in [-0.05, 0) is 24.6 Å². The molecule has 0 spiro atoms. The highest BCUT2D eigenvalue weighted by molar-refractivity contribution is 6.55. The number of hydrogen-bond donors (Lipinski definition) is 0. The van der Waals surface area contributed by atoms with Crippen LogP contribution in [0.25, 0.3) is 11.0 Å². The van der Waals surface area contributed by atoms with Crippen LogP contribution in [-0.2, 0) is 0 Å². The second-order valence-electron chi connectivity index (χ2n) is 4.96. The molecule has 2 aromatic rings. The molecule has 0 aliphatic rings. The van der Waals surface area contributed by atoms with Gasteiger partial charge in [0.05, 0.1) is 6.61 Å². The maximum Gasteiger partial charge on any atom is 0.379 e. The monoisotopic (exact) mass is 296 g/mol. The molecule has 0 N–H and O–H groups in total. The molecule has 2 rings (SSSR count). The number of halogens is 1. The molecule has 0 unspecified atom stereocenters. The number of benzene rings is 1. The summed E-state index contributed by atoms with van der Waals surface area (Å²) in [5.74, 6) is 0.278. The molecule has 3 nitrogen and oxygen atoms in total. The van der Waals surface area contributed by atoms with Crippen molar-refractivity contribution in [3.8, 4) is 5.75 Å². The van der Waals surface area contributed by atoms with Crippen molar-refractivity contribution < 1.29 is 9.15 Å². The Morgan fingerprint density at radius 3 is 2.84 bits per heavy atom. The van der Waals surface area contributed by atoms with Crippen molar-refractivity contribution in [2.24, 2.45) is 0 Å². The van der Waals surface area contributed by atoms with Gasteiger partial charge in [-0.3, -0.25) is 0 Å². The largest absolute Gasteiger partial charge is 0.487 e. The molecule has 102 valence electrons. The SMILES string of the molecule is C[SiH](C)CCCOc1cc2ccc(Cl)cc2oc1=O. The summed E-state index contributed by atoms with van der Waals surface area (Å²) < 4.78 is 10.7. The van der Waals surface area contributed by atoms with Gasteiger partial charge in [-0.25, -0.2) is 4.79 Å². The average Bonchev–Trinajstić information content (AvgIpc) is 2.34. The lowest BCUT2D eigenvalue weighted by Crippen LogP contribution is -2.09. The van der Waals surface area contributed by atoms with Crippen molar-refractivity contribution in [2.45, 2.75) is 25.6 Å². The third-order valence-corrected chi connectivity index (χ3v) is 4.65. The first-order valence-electron chi connectivity index (χ1n) is 6.42. The van der Waals surface area contributed by atoms with E-state index >= 15 is 0 Å². The zero-order chi connectivity index (χ0) is 13.8. The van der Waals surface area contributed by atoms with Crippen LogP contribution in [0, 0.1) is 0 Å². The molecule has 0 fully saturated rings. The fourth-order valence-corrected chi connectivity index (χ4v) is 2.99. The van der Waals surface area contributed by atoms with Gasteiger partial charge in [-0.15, -0.1) is 0 Å². The van der Waals surface area contributed by atoms with E-state index in [-0.39, 0.29) is 5.75 Å². The Labute approximate surface area is 118 Å². The predicted molar refractivity (Wildman–Crippen MR) is 81.3 cm³/mol. The summed E-state index contributed by atoms with van der Waals surface area (Å²) in [4.78, 5) is 11.7. The Kier molecular flexibility index (Phi) is 4.66. The van der Waals surface area contributed by atoms with Gasteiger partial charge in [0.1, 0.15) is 5.58 Å². The van der Waals surface area contributed by atoms with Gasteiger partial charge in [0, 0.05) is 25.3 Å². The number of rotatable bonds is 5. The van der Waals surface area contributed by atoms with Gasteiger partial charge in [0.2, 0.25) is 5.75 Å². The zero-order valence-electron chi connectivity index (χ0n) is 11.1. The van der Waals surface area contributed by atoms with E-state index in [0.717, 1.165) is 11.8 Å². The number of ether oxygens (including phenoxy) is 1. The first-order valence-corrected chi connectivity index (χ1v) is 9.93. The molecule has 0 bridgehead atoms. The summed E-state index contributed by atoms with van der Waals surface area (Å²) >= 11 is 5.85. The first kappa shape index (κ1) is 14.2. The van der Waals surface area contributed by atoms with Gasteiger partial charge >= 0.3 is 5.63 Å². The summed E-state index contributed by atoms with van der Waals surface area (Å²) in [5.41, 5.74) is 0.0380. The molecule has 1 heterocycles. The van der Waals surface area contributed by atoms with Crippen LogP contribution in [0.2, 0.25) is 24.2 Å². The van der Waals surface area contributed by atoms with Crippen LogP contribution < -0.4 is 10.4 Å². The smallest absolute Gasteiger partial charge is 0.379 e. The van der Waals surface area contributed by atoms with Gasteiger partial charge in [-0.1, -0.05) is 30.7 Å². The minimum absolute atomic E-state index is 0.278. The minimum atomic E-state index is -0.551. The standard InChI is InChI=1S/C14H17ClO3Si/c1-19(2)7-3-6-17-13-8-10-4-5-11(15)9-12(10)18-14(13)16/h4-5,8-9,19H,3,6-7H2,1-2H3. The lowest BCUT2D eigenvalue weighted by atomic mass is 10.2. The van der Waals surface area contributed by atoms with Crippen molar-refractivity contribution in [1.82, 2.24) is 0 Å². The fraction of sp³-hybridized carbons (Fsp3) is 0.357. The third-order valence-electron chi connectivity index (χ3n) is 2.85. The first-order chi connectivity index (χ1) is 9.06. The van der Waals surface area contributed by atoms with Crippen LogP contribution >= 0.6 is 11.6 Å². The van der Waals surface area contributed by atoms with E-state index in [4.69, 9.17) is 20.8 Å². The van der Waals surface area contributed by atoms with E-state index in [2.05, 4.69) is 13.1 Å². The molecule has 0 aliphatic carbocycles. The quantitative estimate of drug-likeness (QED) is 0.480. The van der Waals surface area contributed by atoms with Crippen LogP contribution in [-0.4, -0.2) is 15.4 Å². The molecule has 0 saturated heterocycles. The van der Waals surface area contributed by atoms with Crippen molar-refractivity contribution in [2.75, 3.05) is 6.61 Å². The van der Waals surface area contributed by atoms with Crippen LogP contribution in [0.1, 0.15) is 6.42 Å². The highest BCUT2D eigenvalue weighted by Gasteiger charge is 2.07. The van der Waals surface area contributed by atoms with E-state index in [1.807, 2.05) is 6.07 Å². The van der Waals surface area contributed by atoms with Gasteiger partial charge in [-0.2, -0.15) is 0 Å². The highest BCUT2D eigenvalue weighted by atomic mass is 35.5. The van der Waals surface area contributed by atoms with Gasteiger partial charge in [0.25, 0.3) is 0 Å². The van der Waals surface area contributed by atoms with Gasteiger partial charge < -0.3 is 9.15 Å². The predicted octanol–water partition coefficient (Wildman–Crippen LogP) is 3.70. The molecular weight excluding hydrogens is 280 g/mol. The molecule has 19 heavy (non-hydrogen) atoms. The van der Waals surface area contributed by atoms with Crippen LogP contribution in [0.3, 0.4) is 0 Å². The Bertz CT molecular complexity index is 622. The molecule has 0 amide bonds. The summed E-state index contributed by atoms with van der Waals surface area (Å²) in [7, 11) is -0.551. The summed E-state index contributed by atoms with van der Waals surface area (Å²) in [6.45, 7) is 5.16. The topological polar surface area (TPSA) is 39.4 Å². The highest BCUT2D eigenvalue weighted by Crippen LogP contribution is 2.21. The summed E-state index contributed by atoms with van der Waals surface area (Å²) in [6.07, 6.45) is 0.988. The van der Waals surface area contributed by atoms with Crippen molar-refractivity contribution in [3.63, 3.8) is 0 Å². The van der Waals surface area contributed by atoms with E-state index in [9.17, 15) is 4.79 Å². The molecule has 5 heteroatoms. The van der Waals surface area contributed by atoms with E-state index in [1.54, 1.807) is 18.2 Å². The normalized spacial score (nSPS) is 11.2. The summed E-state index contributed by atoms with van der Waals surface area (Å²) in [6, 6.07) is 8.14. The minimum Gasteiger partial charge on any atom is -0.487 e. The third kappa shape index (κ3) is 3.85. The maximum atomic E-state index is 11.7. The molecule has 1 aromatic carbocycles. The molecule has 1 aromatic heterocycles. The Morgan fingerprint density at radius 1 is 1.32 bits per heavy atom. The summed E-state index contributed by atoms with van der Waals surface area (Å²) in [5, 5.41) is 1.36. The van der Waals surface area contributed by atoms with Crippen LogP contribution in [0.15, 0.2) is 33.5 Å². The van der Waals surface area contributed by atoms with Crippen LogP contribution in [0.4, 0.5) is 0 Å². The molecule has 0 atom stereocenters. The van der Waals surface area contributed by atoms with Crippen molar-refractivity contribution >= 4 is 31.4 Å². The van der Waals surface area contributed by atoms with E-state index in [1.165, 1.54) is 6.04 Å². The Morgan fingerprint density at radius 2 is 2.11 bits per heavy atom. The van der Waals surface area contributed by atoms with Crippen LogP contribution in [0.5, 0.6) is 5.75 Å². The van der Waals surface area contributed by atoms with E-state index in [0.29, 0.717) is 17.2 Å². The molecule has 0 aliphatic heterocycles. The number of hydrogen-bond acceptors (Lipinski definition) is 3.